The Morgan fingerprint density at radius 1 is 1.00 bits per heavy atom. The molecule has 2 N–H and O–H groups in total. The van der Waals surface area contributed by atoms with Crippen molar-refractivity contribution in [3.05, 3.63) is 89.4 Å². The number of hydrogen-bond donors (Lipinski definition) is 2. The Labute approximate surface area is 189 Å². The fourth-order valence-electron chi connectivity index (χ4n) is 3.41. The zero-order valence-electron chi connectivity index (χ0n) is 17.2. The summed E-state index contributed by atoms with van der Waals surface area (Å²) < 4.78 is 5.72. The lowest BCUT2D eigenvalue weighted by Crippen LogP contribution is -2.42. The van der Waals surface area contributed by atoms with E-state index in [1.54, 1.807) is 67.6 Å². The van der Waals surface area contributed by atoms with Crippen molar-refractivity contribution in [2.24, 2.45) is 0 Å². The predicted molar refractivity (Wildman–Crippen MR) is 121 cm³/mol. The Morgan fingerprint density at radius 2 is 1.66 bits per heavy atom. The molecule has 0 aliphatic carbocycles. The van der Waals surface area contributed by atoms with Crippen LogP contribution in [-0.4, -0.2) is 29.3 Å². The van der Waals surface area contributed by atoms with Crippen LogP contribution < -0.4 is 15.4 Å². The van der Waals surface area contributed by atoms with Crippen LogP contribution in [-0.2, 0) is 15.1 Å². The highest BCUT2D eigenvalue weighted by Crippen LogP contribution is 2.30. The molecule has 32 heavy (non-hydrogen) atoms. The molecule has 4 rings (SSSR count). The molecule has 1 saturated heterocycles. The van der Waals surface area contributed by atoms with E-state index in [0.717, 1.165) is 4.90 Å². The van der Waals surface area contributed by atoms with E-state index in [1.807, 2.05) is 18.2 Å². The summed E-state index contributed by atoms with van der Waals surface area (Å²) in [7, 11) is 0. The third-order valence-corrected chi connectivity index (χ3v) is 5.44. The molecular formula is C24H20ClN3O4. The van der Waals surface area contributed by atoms with Crippen molar-refractivity contribution in [1.29, 1.82) is 0 Å². The van der Waals surface area contributed by atoms with Gasteiger partial charge in [-0.25, -0.2) is 4.79 Å². The molecule has 162 valence electrons. The van der Waals surface area contributed by atoms with Gasteiger partial charge in [0, 0.05) is 5.69 Å². The highest BCUT2D eigenvalue weighted by atomic mass is 35.5. The van der Waals surface area contributed by atoms with Crippen LogP contribution >= 0.6 is 11.6 Å². The lowest BCUT2D eigenvalue weighted by Gasteiger charge is -2.22. The summed E-state index contributed by atoms with van der Waals surface area (Å²) in [5.41, 5.74) is -0.0641. The monoisotopic (exact) mass is 449 g/mol. The van der Waals surface area contributed by atoms with E-state index in [1.165, 1.54) is 0 Å². The van der Waals surface area contributed by atoms with Gasteiger partial charge >= 0.3 is 6.03 Å². The number of halogens is 1. The molecule has 0 radical (unpaired) electrons. The van der Waals surface area contributed by atoms with E-state index in [0.29, 0.717) is 27.8 Å². The van der Waals surface area contributed by atoms with Crippen molar-refractivity contribution in [1.82, 2.24) is 10.2 Å². The number of hydrogen-bond acceptors (Lipinski definition) is 4. The summed E-state index contributed by atoms with van der Waals surface area (Å²) in [5.74, 6) is 0.0905. The molecule has 1 atom stereocenters. The summed E-state index contributed by atoms with van der Waals surface area (Å²) in [4.78, 5) is 38.7. The molecular weight excluding hydrogens is 430 g/mol. The maximum absolute atomic E-state index is 12.9. The van der Waals surface area contributed by atoms with Gasteiger partial charge in [0.05, 0.1) is 5.02 Å². The SMILES string of the molecule is CC1(c2ccccc2)NC(=O)N(CC(=O)Nc2ccc(Oc3ccccc3Cl)cc2)C1=O. The topological polar surface area (TPSA) is 87.7 Å². The van der Waals surface area contributed by atoms with Crippen molar-refractivity contribution in [3.63, 3.8) is 0 Å². The minimum atomic E-state index is -1.21. The number of carbonyl (C=O) groups is 3. The van der Waals surface area contributed by atoms with Gasteiger partial charge in [-0.15, -0.1) is 0 Å². The molecule has 1 aliphatic heterocycles. The minimum absolute atomic E-state index is 0.398. The van der Waals surface area contributed by atoms with Crippen LogP contribution in [0.25, 0.3) is 0 Å². The van der Waals surface area contributed by atoms with E-state index in [2.05, 4.69) is 10.6 Å². The highest BCUT2D eigenvalue weighted by molar-refractivity contribution is 6.32. The van der Waals surface area contributed by atoms with Crippen LogP contribution in [0.4, 0.5) is 10.5 Å². The summed E-state index contributed by atoms with van der Waals surface area (Å²) >= 11 is 6.09. The molecule has 3 aromatic rings. The van der Waals surface area contributed by atoms with Crippen LogP contribution in [0.2, 0.25) is 5.02 Å². The van der Waals surface area contributed by atoms with Crippen molar-refractivity contribution in [3.8, 4) is 11.5 Å². The molecule has 0 saturated carbocycles. The summed E-state index contributed by atoms with van der Waals surface area (Å²) in [5, 5.41) is 5.85. The standard InChI is InChI=1S/C24H20ClN3O4/c1-24(16-7-3-2-4-8-16)22(30)28(23(31)27-24)15-21(29)26-17-11-13-18(14-12-17)32-20-10-6-5-9-19(20)25/h2-14H,15H2,1H3,(H,26,29)(H,27,31). The summed E-state index contributed by atoms with van der Waals surface area (Å²) in [6, 6.07) is 22.1. The number of para-hydroxylation sites is 1. The minimum Gasteiger partial charge on any atom is -0.456 e. The zero-order chi connectivity index (χ0) is 22.7. The number of carbonyl (C=O) groups excluding carboxylic acids is 3. The number of ether oxygens (including phenoxy) is 1. The van der Waals surface area contributed by atoms with Crippen LogP contribution in [0.5, 0.6) is 11.5 Å². The first-order chi connectivity index (χ1) is 15.4. The normalized spacial score (nSPS) is 17.8. The average molecular weight is 450 g/mol. The number of rotatable bonds is 6. The lowest BCUT2D eigenvalue weighted by atomic mass is 9.92. The van der Waals surface area contributed by atoms with E-state index >= 15 is 0 Å². The zero-order valence-corrected chi connectivity index (χ0v) is 17.9. The van der Waals surface area contributed by atoms with Crippen molar-refractivity contribution < 1.29 is 19.1 Å². The molecule has 0 aromatic heterocycles. The Kier molecular flexibility index (Phi) is 5.83. The van der Waals surface area contributed by atoms with Crippen LogP contribution in [0.15, 0.2) is 78.9 Å². The predicted octanol–water partition coefficient (Wildman–Crippen LogP) is 4.54. The molecule has 0 bridgehead atoms. The molecule has 0 spiro atoms. The van der Waals surface area contributed by atoms with Gasteiger partial charge in [0.2, 0.25) is 5.91 Å². The number of benzene rings is 3. The van der Waals surface area contributed by atoms with Crippen LogP contribution in [0.1, 0.15) is 12.5 Å². The Morgan fingerprint density at radius 3 is 2.34 bits per heavy atom. The first-order valence-electron chi connectivity index (χ1n) is 9.89. The molecule has 1 fully saturated rings. The third kappa shape index (κ3) is 4.29. The number of nitrogens with one attached hydrogen (secondary N) is 2. The van der Waals surface area contributed by atoms with Crippen LogP contribution in [0, 0.1) is 0 Å². The molecule has 3 aromatic carbocycles. The quantitative estimate of drug-likeness (QED) is 0.541. The summed E-state index contributed by atoms with van der Waals surface area (Å²) in [6.45, 7) is 1.23. The first-order valence-corrected chi connectivity index (χ1v) is 10.3. The Hall–Kier alpha value is -3.84. The van der Waals surface area contributed by atoms with Gasteiger partial charge in [0.1, 0.15) is 23.6 Å². The van der Waals surface area contributed by atoms with E-state index in [9.17, 15) is 14.4 Å². The molecule has 8 heteroatoms. The average Bonchev–Trinajstić information content (AvgIpc) is 3.01. The number of imide groups is 1. The van der Waals surface area contributed by atoms with Gasteiger partial charge in [0.25, 0.3) is 5.91 Å². The number of amides is 4. The summed E-state index contributed by atoms with van der Waals surface area (Å²) in [6.07, 6.45) is 0. The van der Waals surface area contributed by atoms with Crippen LogP contribution in [0.3, 0.4) is 0 Å². The van der Waals surface area contributed by atoms with Gasteiger partial charge in [0.15, 0.2) is 0 Å². The largest absolute Gasteiger partial charge is 0.456 e. The fourth-order valence-corrected chi connectivity index (χ4v) is 3.59. The first kappa shape index (κ1) is 21.4. The molecule has 1 aliphatic rings. The van der Waals surface area contributed by atoms with Crippen molar-refractivity contribution >= 4 is 35.1 Å². The van der Waals surface area contributed by atoms with Gasteiger partial charge < -0.3 is 15.4 Å². The maximum Gasteiger partial charge on any atom is 0.325 e. The second-order valence-electron chi connectivity index (χ2n) is 7.42. The van der Waals surface area contributed by atoms with Gasteiger partial charge in [-0.3, -0.25) is 14.5 Å². The van der Waals surface area contributed by atoms with E-state index in [4.69, 9.17) is 16.3 Å². The molecule has 1 heterocycles. The van der Waals surface area contributed by atoms with Crippen molar-refractivity contribution in [2.75, 3.05) is 11.9 Å². The van der Waals surface area contributed by atoms with E-state index in [-0.39, 0.29) is 0 Å². The molecule has 4 amide bonds. The second kappa shape index (κ2) is 8.72. The smallest absolute Gasteiger partial charge is 0.325 e. The van der Waals surface area contributed by atoms with Crippen molar-refractivity contribution in [2.45, 2.75) is 12.5 Å². The molecule has 1 unspecified atom stereocenters. The number of urea groups is 1. The van der Waals surface area contributed by atoms with E-state index < -0.39 is 29.9 Å². The Balaban J connectivity index is 1.39. The van der Waals surface area contributed by atoms with Gasteiger partial charge in [-0.2, -0.15) is 0 Å². The second-order valence-corrected chi connectivity index (χ2v) is 7.82. The maximum atomic E-state index is 12.9. The Bertz CT molecular complexity index is 1170. The highest BCUT2D eigenvalue weighted by Gasteiger charge is 2.49. The fraction of sp³-hybridized carbons (Fsp3) is 0.125. The molecule has 7 nitrogen and oxygen atoms in total. The number of anilines is 1. The van der Waals surface area contributed by atoms with Gasteiger partial charge in [-0.05, 0) is 48.9 Å². The third-order valence-electron chi connectivity index (χ3n) is 5.13. The van der Waals surface area contributed by atoms with Gasteiger partial charge in [-0.1, -0.05) is 54.1 Å². The number of nitrogens with zero attached hydrogens (tertiary/aromatic N) is 1. The lowest BCUT2D eigenvalue weighted by molar-refractivity contribution is -0.133.